The summed E-state index contributed by atoms with van der Waals surface area (Å²) >= 11 is 0. The van der Waals surface area contributed by atoms with Crippen molar-refractivity contribution < 1.29 is 13.2 Å². The maximum Gasteiger partial charge on any atom is 0.243 e. The lowest BCUT2D eigenvalue weighted by Gasteiger charge is -2.30. The molecule has 0 bridgehead atoms. The molecule has 2 aliphatic rings. The number of nitrogens with zero attached hydrogens (tertiary/aromatic N) is 1. The van der Waals surface area contributed by atoms with E-state index >= 15 is 0 Å². The van der Waals surface area contributed by atoms with Gasteiger partial charge in [-0.2, -0.15) is 4.31 Å². The van der Waals surface area contributed by atoms with E-state index in [1.165, 1.54) is 10.7 Å². The van der Waals surface area contributed by atoms with Gasteiger partial charge in [0, 0.05) is 18.8 Å². The van der Waals surface area contributed by atoms with Crippen LogP contribution in [0.1, 0.15) is 50.5 Å². The van der Waals surface area contributed by atoms with Crippen molar-refractivity contribution in [2.45, 2.75) is 61.3 Å². The van der Waals surface area contributed by atoms with Gasteiger partial charge in [-0.15, -0.1) is 0 Å². The zero-order chi connectivity index (χ0) is 20.5. The fraction of sp³-hybridized carbons (Fsp3) is 0.435. The summed E-state index contributed by atoms with van der Waals surface area (Å²) in [7, 11) is -1.84. The number of rotatable bonds is 6. The van der Waals surface area contributed by atoms with E-state index in [-0.39, 0.29) is 16.8 Å². The average molecular weight is 413 g/mol. The molecule has 0 aliphatic heterocycles. The Hall–Kier alpha value is -2.18. The SMILES string of the molecule is CN(C1CCCCC1)S(=O)(=O)c1ccc(NC(=O)C2(c3ccccc3)CC2)cc1. The molecule has 6 heteroatoms. The molecular weight excluding hydrogens is 384 g/mol. The van der Waals surface area contributed by atoms with Crippen LogP contribution in [0.15, 0.2) is 59.5 Å². The normalized spacial score (nSPS) is 19.1. The van der Waals surface area contributed by atoms with Gasteiger partial charge >= 0.3 is 0 Å². The Balaban J connectivity index is 1.46. The third kappa shape index (κ3) is 3.96. The Morgan fingerprint density at radius 3 is 2.17 bits per heavy atom. The van der Waals surface area contributed by atoms with Crippen molar-refractivity contribution in [3.8, 4) is 0 Å². The number of carbonyl (C=O) groups is 1. The van der Waals surface area contributed by atoms with Crippen molar-refractivity contribution in [2.75, 3.05) is 12.4 Å². The van der Waals surface area contributed by atoms with Gasteiger partial charge in [0.05, 0.1) is 10.3 Å². The summed E-state index contributed by atoms with van der Waals surface area (Å²) in [6.07, 6.45) is 6.86. The Bertz CT molecular complexity index is 961. The average Bonchev–Trinajstić information content (AvgIpc) is 3.57. The first-order valence-electron chi connectivity index (χ1n) is 10.4. The topological polar surface area (TPSA) is 66.5 Å². The van der Waals surface area contributed by atoms with Crippen LogP contribution >= 0.6 is 0 Å². The van der Waals surface area contributed by atoms with Crippen molar-refractivity contribution in [2.24, 2.45) is 0 Å². The summed E-state index contributed by atoms with van der Waals surface area (Å²) in [6.45, 7) is 0. The standard InChI is InChI=1S/C23H28N2O3S/c1-25(20-10-6-3-7-11-20)29(27,28)21-14-12-19(13-15-21)24-22(26)23(16-17-23)18-8-4-2-5-9-18/h2,4-5,8-9,12-15,20H,3,6-7,10-11,16-17H2,1H3,(H,24,26). The lowest BCUT2D eigenvalue weighted by Crippen LogP contribution is -2.38. The summed E-state index contributed by atoms with van der Waals surface area (Å²) in [5, 5.41) is 2.97. The molecule has 2 fully saturated rings. The number of hydrogen-bond donors (Lipinski definition) is 1. The highest BCUT2D eigenvalue weighted by molar-refractivity contribution is 7.89. The second-order valence-electron chi connectivity index (χ2n) is 8.24. The van der Waals surface area contributed by atoms with Gasteiger partial charge in [-0.1, -0.05) is 49.6 Å². The number of anilines is 1. The molecular formula is C23H28N2O3S. The summed E-state index contributed by atoms with van der Waals surface area (Å²) < 4.78 is 27.4. The molecule has 2 aromatic carbocycles. The Morgan fingerprint density at radius 2 is 1.59 bits per heavy atom. The summed E-state index contributed by atoms with van der Waals surface area (Å²) in [4.78, 5) is 13.1. The minimum absolute atomic E-state index is 0.0290. The molecule has 0 aromatic heterocycles. The van der Waals surface area contributed by atoms with Crippen molar-refractivity contribution in [3.63, 3.8) is 0 Å². The fourth-order valence-corrected chi connectivity index (χ4v) is 5.71. The van der Waals surface area contributed by atoms with Crippen LogP contribution < -0.4 is 5.32 Å². The number of amides is 1. The molecule has 0 atom stereocenters. The molecule has 2 aliphatic carbocycles. The van der Waals surface area contributed by atoms with Gasteiger partial charge in [0.25, 0.3) is 0 Å². The zero-order valence-corrected chi connectivity index (χ0v) is 17.6. The quantitative estimate of drug-likeness (QED) is 0.769. The number of benzene rings is 2. The molecule has 0 spiro atoms. The Kier molecular flexibility index (Phi) is 5.49. The first-order chi connectivity index (χ1) is 13.9. The largest absolute Gasteiger partial charge is 0.325 e. The fourth-order valence-electron chi connectivity index (χ4n) is 4.30. The zero-order valence-electron chi connectivity index (χ0n) is 16.8. The number of nitrogens with one attached hydrogen (secondary N) is 1. The van der Waals surface area contributed by atoms with Gasteiger partial charge in [0.2, 0.25) is 15.9 Å². The third-order valence-electron chi connectivity index (χ3n) is 6.39. The van der Waals surface area contributed by atoms with E-state index in [2.05, 4.69) is 5.32 Å². The first-order valence-corrected chi connectivity index (χ1v) is 11.8. The molecule has 29 heavy (non-hydrogen) atoms. The van der Waals surface area contributed by atoms with Crippen LogP contribution in [0.3, 0.4) is 0 Å². The highest BCUT2D eigenvalue weighted by Crippen LogP contribution is 2.48. The second-order valence-corrected chi connectivity index (χ2v) is 10.2. The molecule has 0 unspecified atom stereocenters. The molecule has 2 aromatic rings. The molecule has 2 saturated carbocycles. The van der Waals surface area contributed by atoms with E-state index in [1.807, 2.05) is 30.3 Å². The first kappa shape index (κ1) is 20.1. The second kappa shape index (κ2) is 7.92. The summed E-state index contributed by atoms with van der Waals surface area (Å²) in [6, 6.07) is 16.4. The lowest BCUT2D eigenvalue weighted by molar-refractivity contribution is -0.118. The molecule has 1 amide bonds. The van der Waals surface area contributed by atoms with Gasteiger partial charge in [-0.25, -0.2) is 8.42 Å². The van der Waals surface area contributed by atoms with E-state index in [4.69, 9.17) is 0 Å². The van der Waals surface area contributed by atoms with Gasteiger partial charge in [-0.3, -0.25) is 4.79 Å². The maximum atomic E-state index is 13.0. The van der Waals surface area contributed by atoms with Gasteiger partial charge in [0.1, 0.15) is 0 Å². The van der Waals surface area contributed by atoms with Crippen LogP contribution in [0.4, 0.5) is 5.69 Å². The Labute approximate surface area is 173 Å². The monoisotopic (exact) mass is 412 g/mol. The molecule has 0 heterocycles. The van der Waals surface area contributed by atoms with Crippen molar-refractivity contribution in [1.82, 2.24) is 4.31 Å². The van der Waals surface area contributed by atoms with Crippen LogP contribution in [0.25, 0.3) is 0 Å². The number of sulfonamides is 1. The van der Waals surface area contributed by atoms with Crippen LogP contribution in [0.5, 0.6) is 0 Å². The lowest BCUT2D eigenvalue weighted by atomic mass is 9.95. The smallest absolute Gasteiger partial charge is 0.243 e. The number of hydrogen-bond acceptors (Lipinski definition) is 3. The van der Waals surface area contributed by atoms with E-state index in [1.54, 1.807) is 31.3 Å². The highest BCUT2D eigenvalue weighted by atomic mass is 32.2. The van der Waals surface area contributed by atoms with Crippen LogP contribution in [0, 0.1) is 0 Å². The molecule has 154 valence electrons. The molecule has 0 radical (unpaired) electrons. The van der Waals surface area contributed by atoms with E-state index in [0.717, 1.165) is 44.1 Å². The molecule has 5 nitrogen and oxygen atoms in total. The van der Waals surface area contributed by atoms with Gasteiger partial charge in [-0.05, 0) is 55.5 Å². The summed E-state index contributed by atoms with van der Waals surface area (Å²) in [5.41, 5.74) is 1.20. The molecule has 0 saturated heterocycles. The number of carbonyl (C=O) groups excluding carboxylic acids is 1. The molecule has 4 rings (SSSR count). The van der Waals surface area contributed by atoms with E-state index in [0.29, 0.717) is 5.69 Å². The van der Waals surface area contributed by atoms with Crippen LogP contribution in [-0.2, 0) is 20.2 Å². The predicted molar refractivity (Wildman–Crippen MR) is 114 cm³/mol. The van der Waals surface area contributed by atoms with Gasteiger partial charge < -0.3 is 5.32 Å². The van der Waals surface area contributed by atoms with Gasteiger partial charge in [0.15, 0.2) is 0 Å². The van der Waals surface area contributed by atoms with E-state index in [9.17, 15) is 13.2 Å². The van der Waals surface area contributed by atoms with Crippen molar-refractivity contribution in [3.05, 3.63) is 60.2 Å². The maximum absolute atomic E-state index is 13.0. The van der Waals surface area contributed by atoms with Crippen LogP contribution in [0.2, 0.25) is 0 Å². The Morgan fingerprint density at radius 1 is 0.966 bits per heavy atom. The highest BCUT2D eigenvalue weighted by Gasteiger charge is 2.51. The molecule has 1 N–H and O–H groups in total. The van der Waals surface area contributed by atoms with Crippen molar-refractivity contribution in [1.29, 1.82) is 0 Å². The predicted octanol–water partition coefficient (Wildman–Crippen LogP) is 4.31. The van der Waals surface area contributed by atoms with E-state index < -0.39 is 15.4 Å². The van der Waals surface area contributed by atoms with Crippen molar-refractivity contribution >= 4 is 21.6 Å². The summed E-state index contributed by atoms with van der Waals surface area (Å²) in [5.74, 6) is -0.0290. The minimum Gasteiger partial charge on any atom is -0.325 e. The van der Waals surface area contributed by atoms with Crippen LogP contribution in [-0.4, -0.2) is 31.7 Å². The minimum atomic E-state index is -3.52. The third-order valence-corrected chi connectivity index (χ3v) is 8.31.